The Labute approximate surface area is 260 Å². The molecule has 16 atom stereocenters. The van der Waals surface area contributed by atoms with Crippen LogP contribution in [0.15, 0.2) is 0 Å². The summed E-state index contributed by atoms with van der Waals surface area (Å²) in [5, 5.41) is 117. The summed E-state index contributed by atoms with van der Waals surface area (Å²) >= 11 is 0. The van der Waals surface area contributed by atoms with Crippen molar-refractivity contribution in [1.82, 2.24) is 10.6 Å². The molecule has 3 heterocycles. The number of carbonyl (C=O) groups is 3. The first kappa shape index (κ1) is 38.3. The molecule has 2 amide bonds. The van der Waals surface area contributed by atoms with Gasteiger partial charge in [0.25, 0.3) is 5.79 Å². The van der Waals surface area contributed by atoms with Crippen molar-refractivity contribution in [2.75, 3.05) is 19.8 Å². The second-order valence-electron chi connectivity index (χ2n) is 11.3. The molecule has 0 aromatic heterocycles. The van der Waals surface area contributed by atoms with Crippen LogP contribution in [0.3, 0.4) is 0 Å². The van der Waals surface area contributed by atoms with E-state index in [4.69, 9.17) is 23.7 Å². The van der Waals surface area contributed by atoms with Gasteiger partial charge in [0.05, 0.1) is 32.0 Å². The minimum absolute atomic E-state index is 0.677. The highest BCUT2D eigenvalue weighted by molar-refractivity contribution is 5.76. The van der Waals surface area contributed by atoms with E-state index < -0.39 is 142 Å². The molecule has 3 fully saturated rings. The van der Waals surface area contributed by atoms with Crippen molar-refractivity contribution in [3.63, 3.8) is 0 Å². The molecule has 21 nitrogen and oxygen atoms in total. The fourth-order valence-corrected chi connectivity index (χ4v) is 5.46. The lowest BCUT2D eigenvalue weighted by Gasteiger charge is -2.48. The van der Waals surface area contributed by atoms with E-state index in [1.54, 1.807) is 0 Å². The summed E-state index contributed by atoms with van der Waals surface area (Å²) in [6.07, 6.45) is -24.9. The smallest absolute Gasteiger partial charge is 0.364 e. The molecule has 3 rings (SSSR count). The molecular weight excluding hydrogens is 632 g/mol. The monoisotopic (exact) mass is 674 g/mol. The molecule has 3 aliphatic rings. The number of hydrogen-bond donors (Lipinski definition) is 13. The van der Waals surface area contributed by atoms with Gasteiger partial charge in [-0.25, -0.2) is 4.79 Å². The third-order valence-corrected chi connectivity index (χ3v) is 7.87. The summed E-state index contributed by atoms with van der Waals surface area (Å²) in [6.45, 7) is -0.695. The van der Waals surface area contributed by atoms with Crippen molar-refractivity contribution in [1.29, 1.82) is 0 Å². The van der Waals surface area contributed by atoms with Crippen LogP contribution in [0.1, 0.15) is 20.3 Å². The molecule has 0 bridgehead atoms. The largest absolute Gasteiger partial charge is 0.477 e. The lowest BCUT2D eigenvalue weighted by atomic mass is 9.88. The van der Waals surface area contributed by atoms with Gasteiger partial charge in [-0.2, -0.15) is 0 Å². The van der Waals surface area contributed by atoms with E-state index in [0.717, 1.165) is 13.8 Å². The number of aliphatic carboxylic acids is 1. The Bertz CT molecular complexity index is 1050. The number of carboxylic acid groups (broad SMARTS) is 1. The first-order chi connectivity index (χ1) is 21.5. The Balaban J connectivity index is 1.83. The Morgan fingerprint density at radius 3 is 2.02 bits per heavy atom. The van der Waals surface area contributed by atoms with Gasteiger partial charge < -0.3 is 90.5 Å². The van der Waals surface area contributed by atoms with E-state index in [-0.39, 0.29) is 0 Å². The second kappa shape index (κ2) is 15.8. The van der Waals surface area contributed by atoms with E-state index in [2.05, 4.69) is 10.6 Å². The maximum Gasteiger partial charge on any atom is 0.364 e. The molecule has 0 unspecified atom stereocenters. The predicted molar refractivity (Wildman–Crippen MR) is 142 cm³/mol. The minimum atomic E-state index is -2.84. The van der Waals surface area contributed by atoms with Crippen molar-refractivity contribution in [2.24, 2.45) is 0 Å². The number of carboxylic acids is 1. The van der Waals surface area contributed by atoms with Crippen LogP contribution >= 0.6 is 0 Å². The van der Waals surface area contributed by atoms with E-state index in [1.165, 1.54) is 0 Å². The highest BCUT2D eigenvalue weighted by atomic mass is 16.8. The van der Waals surface area contributed by atoms with E-state index in [9.17, 15) is 70.6 Å². The number of aliphatic hydroxyl groups is 10. The van der Waals surface area contributed by atoms with Gasteiger partial charge in [0.15, 0.2) is 12.6 Å². The normalized spacial score (nSPS) is 42.9. The van der Waals surface area contributed by atoms with Crippen LogP contribution in [0.4, 0.5) is 0 Å². The van der Waals surface area contributed by atoms with Crippen molar-refractivity contribution >= 4 is 17.8 Å². The topological polar surface area (TPSA) is 344 Å². The zero-order valence-corrected chi connectivity index (χ0v) is 24.7. The molecule has 266 valence electrons. The van der Waals surface area contributed by atoms with Crippen molar-refractivity contribution < 1.29 is 94.2 Å². The summed E-state index contributed by atoms with van der Waals surface area (Å²) in [6, 6.07) is -2.96. The van der Waals surface area contributed by atoms with Gasteiger partial charge in [-0.15, -0.1) is 0 Å². The first-order valence-corrected chi connectivity index (χ1v) is 14.2. The maximum atomic E-state index is 12.4. The van der Waals surface area contributed by atoms with Crippen molar-refractivity contribution in [3.8, 4) is 0 Å². The molecule has 21 heteroatoms. The quantitative estimate of drug-likeness (QED) is 0.0913. The Morgan fingerprint density at radius 2 is 1.48 bits per heavy atom. The molecule has 0 saturated carbocycles. The number of amides is 2. The van der Waals surface area contributed by atoms with Crippen LogP contribution in [0.5, 0.6) is 0 Å². The van der Waals surface area contributed by atoms with Crippen LogP contribution in [-0.2, 0) is 38.1 Å². The third-order valence-electron chi connectivity index (χ3n) is 7.87. The van der Waals surface area contributed by atoms with Gasteiger partial charge in [-0.3, -0.25) is 9.59 Å². The zero-order valence-electron chi connectivity index (χ0n) is 24.7. The van der Waals surface area contributed by atoms with E-state index in [0.29, 0.717) is 0 Å². The average Bonchev–Trinajstić information content (AvgIpc) is 2.99. The fraction of sp³-hybridized carbons (Fsp3) is 0.880. The molecule has 0 aliphatic carbocycles. The predicted octanol–water partition coefficient (Wildman–Crippen LogP) is -8.08. The number of rotatable bonds is 12. The van der Waals surface area contributed by atoms with Crippen molar-refractivity contribution in [3.05, 3.63) is 0 Å². The van der Waals surface area contributed by atoms with Gasteiger partial charge in [0.1, 0.15) is 67.1 Å². The van der Waals surface area contributed by atoms with Gasteiger partial charge in [-0.05, 0) is 0 Å². The van der Waals surface area contributed by atoms with Crippen LogP contribution in [-0.4, -0.2) is 191 Å². The molecular formula is C25H42N2O19. The lowest BCUT2D eigenvalue weighted by Crippen LogP contribution is -2.69. The summed E-state index contributed by atoms with van der Waals surface area (Å²) in [4.78, 5) is 35.7. The van der Waals surface area contributed by atoms with Crippen LogP contribution in [0.25, 0.3) is 0 Å². The Hall–Kier alpha value is -2.19. The Kier molecular flexibility index (Phi) is 13.1. The number of hydrogen-bond acceptors (Lipinski definition) is 18. The molecule has 13 N–H and O–H groups in total. The molecule has 0 radical (unpaired) electrons. The van der Waals surface area contributed by atoms with Gasteiger partial charge in [-0.1, -0.05) is 0 Å². The summed E-state index contributed by atoms with van der Waals surface area (Å²) < 4.78 is 27.2. The highest BCUT2D eigenvalue weighted by Gasteiger charge is 2.57. The Morgan fingerprint density at radius 1 is 0.870 bits per heavy atom. The number of nitrogens with one attached hydrogen (secondary N) is 2. The highest BCUT2D eigenvalue weighted by Crippen LogP contribution is 2.35. The lowest BCUT2D eigenvalue weighted by molar-refractivity contribution is -0.358. The molecule has 0 aromatic rings. The molecule has 3 aliphatic heterocycles. The molecule has 0 spiro atoms. The average molecular weight is 675 g/mol. The minimum Gasteiger partial charge on any atom is -0.477 e. The van der Waals surface area contributed by atoms with E-state index in [1.807, 2.05) is 0 Å². The van der Waals surface area contributed by atoms with Crippen LogP contribution in [0.2, 0.25) is 0 Å². The number of aliphatic hydroxyl groups excluding tert-OH is 10. The summed E-state index contributed by atoms with van der Waals surface area (Å²) in [5.41, 5.74) is 0. The summed E-state index contributed by atoms with van der Waals surface area (Å²) in [5.74, 6) is -6.12. The van der Waals surface area contributed by atoms with Crippen LogP contribution < -0.4 is 10.6 Å². The number of ether oxygens (including phenoxy) is 5. The third kappa shape index (κ3) is 8.26. The molecule has 0 aromatic carbocycles. The molecule has 3 saturated heterocycles. The zero-order chi connectivity index (χ0) is 34.7. The number of carbonyl (C=O) groups excluding carboxylic acids is 2. The van der Waals surface area contributed by atoms with E-state index >= 15 is 0 Å². The SMILES string of the molecule is CC(=O)N[C@@H]1[C@@H](O)[C@H](O[C@@H]2O[C@H](CO[C@]3(C(=O)O)C[C@H](O)[C@@H](NC(C)=O)[C@H]([C@@H](O)[C@H](O)CO)O3)[C@@H](O)[C@H](O)[C@H]2O)[C@@H](CO)O[C@H]1O. The van der Waals surface area contributed by atoms with Gasteiger partial charge >= 0.3 is 5.97 Å². The van der Waals surface area contributed by atoms with Gasteiger partial charge in [0.2, 0.25) is 11.8 Å². The molecule has 46 heavy (non-hydrogen) atoms. The standard InChI is InChI=1S/C25H42N2O19/c1-7(30)26-13-9(32)3-25(24(40)41,46-21(13)15(34)10(33)4-28)42-6-12-16(35)18(37)19(38)23(44-12)45-20-11(5-29)43-22(39)14(17(20)36)27-8(2)31/h9-23,28-29,32-39H,3-6H2,1-2H3,(H,26,30)(H,27,31)(H,40,41)/t9-,10+,11+,12+,13+,14+,15-,16+,17+,18-,19+,20+,21+,22+,23-,25+/m0/s1. The first-order valence-electron chi connectivity index (χ1n) is 14.2. The fourth-order valence-electron chi connectivity index (χ4n) is 5.46. The van der Waals surface area contributed by atoms with Crippen molar-refractivity contribution in [2.45, 2.75) is 118 Å². The summed E-state index contributed by atoms with van der Waals surface area (Å²) in [7, 11) is 0. The van der Waals surface area contributed by atoms with Gasteiger partial charge in [0, 0.05) is 20.3 Å². The maximum absolute atomic E-state index is 12.4. The van der Waals surface area contributed by atoms with Crippen LogP contribution in [0, 0.1) is 0 Å². The second-order valence-corrected chi connectivity index (χ2v) is 11.3.